The highest BCUT2D eigenvalue weighted by Crippen LogP contribution is 2.14. The third-order valence-electron chi connectivity index (χ3n) is 2.93. The maximum atomic E-state index is 11.9. The molecule has 0 fully saturated rings. The van der Waals surface area contributed by atoms with Crippen LogP contribution >= 0.6 is 0 Å². The van der Waals surface area contributed by atoms with E-state index in [0.717, 1.165) is 12.0 Å². The fourth-order valence-corrected chi connectivity index (χ4v) is 1.75. The van der Waals surface area contributed by atoms with Crippen LogP contribution in [0, 0.1) is 18.3 Å². The molecule has 0 aliphatic heterocycles. The number of nitrogens with two attached hydrogens (primary N) is 1. The van der Waals surface area contributed by atoms with Crippen LogP contribution in [0.4, 0.5) is 5.69 Å². The molecule has 6 nitrogen and oxygen atoms in total. The third kappa shape index (κ3) is 3.88. The Morgan fingerprint density at radius 3 is 2.70 bits per heavy atom. The highest BCUT2D eigenvalue weighted by atomic mass is 16.2. The van der Waals surface area contributed by atoms with Crippen molar-refractivity contribution in [1.29, 1.82) is 5.26 Å². The standard InChI is InChI=1S/C14H18N4O2/c1-3-4-12(18-16)13(19)14(20)17-11-6-5-9(2)10(7-11)8-15/h5-7,12,18H,3-4,16H2,1-2H3,(H,17,20). The van der Waals surface area contributed by atoms with Crippen molar-refractivity contribution >= 4 is 17.4 Å². The fourth-order valence-electron chi connectivity index (χ4n) is 1.75. The summed E-state index contributed by atoms with van der Waals surface area (Å²) in [5, 5.41) is 11.4. The van der Waals surface area contributed by atoms with E-state index in [4.69, 9.17) is 11.1 Å². The van der Waals surface area contributed by atoms with Gasteiger partial charge in [-0.2, -0.15) is 5.26 Å². The second-order valence-electron chi connectivity index (χ2n) is 4.47. The number of hydrogen-bond donors (Lipinski definition) is 3. The second kappa shape index (κ2) is 7.38. The molecular formula is C14H18N4O2. The smallest absolute Gasteiger partial charge is 0.293 e. The Hall–Kier alpha value is -2.23. The molecule has 1 unspecified atom stereocenters. The largest absolute Gasteiger partial charge is 0.319 e. The van der Waals surface area contributed by atoms with Crippen LogP contribution in [0.15, 0.2) is 18.2 Å². The minimum absolute atomic E-state index is 0.415. The minimum Gasteiger partial charge on any atom is -0.319 e. The van der Waals surface area contributed by atoms with Crippen LogP contribution in [0.25, 0.3) is 0 Å². The van der Waals surface area contributed by atoms with Gasteiger partial charge in [-0.15, -0.1) is 0 Å². The van der Waals surface area contributed by atoms with E-state index >= 15 is 0 Å². The summed E-state index contributed by atoms with van der Waals surface area (Å²) in [5.41, 5.74) is 4.02. The first-order valence-electron chi connectivity index (χ1n) is 6.35. The van der Waals surface area contributed by atoms with Crippen LogP contribution in [-0.4, -0.2) is 17.7 Å². The molecule has 0 heterocycles. The van der Waals surface area contributed by atoms with E-state index in [9.17, 15) is 9.59 Å². The Bertz CT molecular complexity index is 549. The molecule has 0 aliphatic carbocycles. The molecule has 0 aromatic heterocycles. The first kappa shape index (κ1) is 15.8. The molecular weight excluding hydrogens is 256 g/mol. The Labute approximate surface area is 117 Å². The van der Waals surface area contributed by atoms with Gasteiger partial charge in [0, 0.05) is 5.69 Å². The lowest BCUT2D eigenvalue weighted by Gasteiger charge is -2.13. The van der Waals surface area contributed by atoms with Gasteiger partial charge < -0.3 is 5.32 Å². The monoisotopic (exact) mass is 274 g/mol. The Kier molecular flexibility index (Phi) is 5.84. The Morgan fingerprint density at radius 2 is 2.15 bits per heavy atom. The summed E-state index contributed by atoms with van der Waals surface area (Å²) in [6.45, 7) is 3.69. The molecule has 20 heavy (non-hydrogen) atoms. The number of hydrogen-bond acceptors (Lipinski definition) is 5. The predicted molar refractivity (Wildman–Crippen MR) is 75.5 cm³/mol. The highest BCUT2D eigenvalue weighted by Gasteiger charge is 2.23. The topological polar surface area (TPSA) is 108 Å². The number of benzene rings is 1. The number of nitriles is 1. The molecule has 0 spiro atoms. The van der Waals surface area contributed by atoms with Crippen LogP contribution < -0.4 is 16.6 Å². The number of carbonyl (C=O) groups is 2. The van der Waals surface area contributed by atoms with Crippen molar-refractivity contribution < 1.29 is 9.59 Å². The van der Waals surface area contributed by atoms with E-state index in [1.165, 1.54) is 6.07 Å². The molecule has 0 saturated carbocycles. The van der Waals surface area contributed by atoms with Gasteiger partial charge in [0.05, 0.1) is 17.7 Å². The number of carbonyl (C=O) groups excluding carboxylic acids is 2. The normalized spacial score (nSPS) is 11.5. The zero-order valence-electron chi connectivity index (χ0n) is 11.6. The van der Waals surface area contributed by atoms with Gasteiger partial charge in [-0.05, 0) is 31.0 Å². The molecule has 4 N–H and O–H groups in total. The number of aryl methyl sites for hydroxylation is 1. The van der Waals surface area contributed by atoms with E-state index in [1.807, 2.05) is 13.0 Å². The SMILES string of the molecule is CCCC(NN)C(=O)C(=O)Nc1ccc(C)c(C#N)c1. The molecule has 1 aromatic rings. The second-order valence-corrected chi connectivity index (χ2v) is 4.47. The molecule has 1 rings (SSSR count). The maximum absolute atomic E-state index is 11.9. The average Bonchev–Trinajstić information content (AvgIpc) is 2.45. The zero-order valence-corrected chi connectivity index (χ0v) is 11.6. The summed E-state index contributed by atoms with van der Waals surface area (Å²) in [4.78, 5) is 23.7. The summed E-state index contributed by atoms with van der Waals surface area (Å²) in [7, 11) is 0. The summed E-state index contributed by atoms with van der Waals surface area (Å²) >= 11 is 0. The zero-order chi connectivity index (χ0) is 15.1. The maximum Gasteiger partial charge on any atom is 0.293 e. The summed E-state index contributed by atoms with van der Waals surface area (Å²) in [6.07, 6.45) is 1.22. The lowest BCUT2D eigenvalue weighted by Crippen LogP contribution is -2.46. The van der Waals surface area contributed by atoms with Crippen LogP contribution in [-0.2, 0) is 9.59 Å². The fraction of sp³-hybridized carbons (Fsp3) is 0.357. The molecule has 6 heteroatoms. The number of Topliss-reactive ketones (excluding diaryl/α,β-unsaturated/α-hetero) is 1. The summed E-state index contributed by atoms with van der Waals surface area (Å²) in [5.74, 6) is 3.90. The van der Waals surface area contributed by atoms with Gasteiger partial charge in [-0.25, -0.2) is 5.43 Å². The van der Waals surface area contributed by atoms with E-state index in [0.29, 0.717) is 17.7 Å². The predicted octanol–water partition coefficient (Wildman–Crippen LogP) is 1.01. The van der Waals surface area contributed by atoms with Gasteiger partial charge >= 0.3 is 0 Å². The van der Waals surface area contributed by atoms with Crippen LogP contribution in [0.5, 0.6) is 0 Å². The van der Waals surface area contributed by atoms with Gasteiger partial charge in [0.15, 0.2) is 0 Å². The van der Waals surface area contributed by atoms with Crippen molar-refractivity contribution in [2.24, 2.45) is 5.84 Å². The van der Waals surface area contributed by atoms with Gasteiger partial charge in [-0.1, -0.05) is 19.4 Å². The lowest BCUT2D eigenvalue weighted by molar-refractivity contribution is -0.136. The number of nitrogens with zero attached hydrogens (tertiary/aromatic N) is 1. The van der Waals surface area contributed by atoms with Crippen LogP contribution in [0.2, 0.25) is 0 Å². The molecule has 1 amide bonds. The Morgan fingerprint density at radius 1 is 1.45 bits per heavy atom. The number of hydrazine groups is 1. The summed E-state index contributed by atoms with van der Waals surface area (Å²) in [6, 6.07) is 6.22. The summed E-state index contributed by atoms with van der Waals surface area (Å²) < 4.78 is 0. The first-order valence-corrected chi connectivity index (χ1v) is 6.35. The molecule has 106 valence electrons. The lowest BCUT2D eigenvalue weighted by atomic mass is 10.1. The molecule has 0 bridgehead atoms. The molecule has 1 atom stereocenters. The van der Waals surface area contributed by atoms with Crippen molar-refractivity contribution in [3.8, 4) is 6.07 Å². The van der Waals surface area contributed by atoms with E-state index < -0.39 is 17.7 Å². The van der Waals surface area contributed by atoms with E-state index in [1.54, 1.807) is 19.1 Å². The van der Waals surface area contributed by atoms with E-state index in [-0.39, 0.29) is 0 Å². The highest BCUT2D eigenvalue weighted by molar-refractivity contribution is 6.42. The number of nitrogens with one attached hydrogen (secondary N) is 2. The Balaban J connectivity index is 2.80. The number of ketones is 1. The van der Waals surface area contributed by atoms with Gasteiger partial charge in [0.25, 0.3) is 5.91 Å². The quantitative estimate of drug-likeness (QED) is 0.407. The van der Waals surface area contributed by atoms with Gasteiger partial charge in [-0.3, -0.25) is 15.4 Å². The third-order valence-corrected chi connectivity index (χ3v) is 2.93. The molecule has 1 aromatic carbocycles. The average molecular weight is 274 g/mol. The molecule has 0 radical (unpaired) electrons. The van der Waals surface area contributed by atoms with Crippen molar-refractivity contribution in [2.45, 2.75) is 32.7 Å². The van der Waals surface area contributed by atoms with Crippen LogP contribution in [0.3, 0.4) is 0 Å². The number of amides is 1. The first-order chi connectivity index (χ1) is 9.53. The number of rotatable bonds is 6. The molecule has 0 aliphatic rings. The minimum atomic E-state index is -0.742. The van der Waals surface area contributed by atoms with Crippen molar-refractivity contribution in [2.75, 3.05) is 5.32 Å². The van der Waals surface area contributed by atoms with E-state index in [2.05, 4.69) is 10.7 Å². The van der Waals surface area contributed by atoms with Gasteiger partial charge in [0.2, 0.25) is 5.78 Å². The van der Waals surface area contributed by atoms with Crippen molar-refractivity contribution in [3.63, 3.8) is 0 Å². The van der Waals surface area contributed by atoms with Crippen LogP contribution in [0.1, 0.15) is 30.9 Å². The van der Waals surface area contributed by atoms with Crippen molar-refractivity contribution in [1.82, 2.24) is 5.43 Å². The molecule has 0 saturated heterocycles. The van der Waals surface area contributed by atoms with Gasteiger partial charge in [0.1, 0.15) is 0 Å². The number of anilines is 1. The van der Waals surface area contributed by atoms with Crippen molar-refractivity contribution in [3.05, 3.63) is 29.3 Å².